The predicted octanol–water partition coefficient (Wildman–Crippen LogP) is 2.70. The maximum absolute atomic E-state index is 12.5. The molecule has 1 aromatic heterocycles. The van der Waals surface area contributed by atoms with Gasteiger partial charge in [-0.05, 0) is 37.6 Å². The molecule has 2 rings (SSSR count). The molecule has 0 aliphatic heterocycles. The van der Waals surface area contributed by atoms with Crippen molar-refractivity contribution in [2.45, 2.75) is 31.2 Å². The molecule has 0 aliphatic carbocycles. The van der Waals surface area contributed by atoms with Crippen molar-refractivity contribution in [1.29, 1.82) is 0 Å². The van der Waals surface area contributed by atoms with Crippen LogP contribution in [-0.2, 0) is 20.5 Å². The summed E-state index contributed by atoms with van der Waals surface area (Å²) in [6.07, 6.45) is 3.40. The zero-order valence-electron chi connectivity index (χ0n) is 13.2. The van der Waals surface area contributed by atoms with E-state index in [4.69, 9.17) is 4.74 Å². The van der Waals surface area contributed by atoms with E-state index in [9.17, 15) is 9.00 Å². The molecule has 122 valence electrons. The third-order valence-corrected chi connectivity index (χ3v) is 4.45. The first-order valence-corrected chi connectivity index (χ1v) is 8.55. The number of carbonyl (C=O) groups is 1. The normalized spacial score (nSPS) is 13.3. The van der Waals surface area contributed by atoms with Gasteiger partial charge in [0.2, 0.25) is 0 Å². The Bertz CT molecular complexity index is 659. The summed E-state index contributed by atoms with van der Waals surface area (Å²) < 4.78 is 20.5. The fraction of sp³-hybridized carbons (Fsp3) is 0.294. The SMILES string of the molecule is CCOC(=O)C[C@H](N[S@](=O)c1ccc(C)cc1)c1cccnc1. The lowest BCUT2D eigenvalue weighted by molar-refractivity contribution is -0.143. The van der Waals surface area contributed by atoms with E-state index < -0.39 is 17.0 Å². The Morgan fingerprint density at radius 2 is 2.04 bits per heavy atom. The Hall–Kier alpha value is -2.05. The third-order valence-electron chi connectivity index (χ3n) is 3.25. The zero-order valence-corrected chi connectivity index (χ0v) is 14.0. The summed E-state index contributed by atoms with van der Waals surface area (Å²) in [4.78, 5) is 16.5. The number of nitrogens with one attached hydrogen (secondary N) is 1. The average Bonchev–Trinajstić information content (AvgIpc) is 2.56. The number of nitrogens with zero attached hydrogens (tertiary/aromatic N) is 1. The van der Waals surface area contributed by atoms with Crippen LogP contribution < -0.4 is 4.72 Å². The van der Waals surface area contributed by atoms with E-state index in [-0.39, 0.29) is 12.4 Å². The Balaban J connectivity index is 2.15. The minimum Gasteiger partial charge on any atom is -0.466 e. The topological polar surface area (TPSA) is 68.3 Å². The van der Waals surface area contributed by atoms with Gasteiger partial charge in [0.25, 0.3) is 0 Å². The number of hydrogen-bond donors (Lipinski definition) is 1. The van der Waals surface area contributed by atoms with Crippen LogP contribution in [0, 0.1) is 6.92 Å². The van der Waals surface area contributed by atoms with Gasteiger partial charge in [0, 0.05) is 12.4 Å². The van der Waals surface area contributed by atoms with Gasteiger partial charge < -0.3 is 4.74 Å². The van der Waals surface area contributed by atoms with Gasteiger partial charge in [-0.3, -0.25) is 9.78 Å². The minimum atomic E-state index is -1.43. The fourth-order valence-corrected chi connectivity index (χ4v) is 3.05. The van der Waals surface area contributed by atoms with Gasteiger partial charge in [-0.15, -0.1) is 0 Å². The lowest BCUT2D eigenvalue weighted by Crippen LogP contribution is -2.27. The summed E-state index contributed by atoms with van der Waals surface area (Å²) >= 11 is 0. The number of pyridine rings is 1. The molecule has 0 bridgehead atoms. The molecule has 0 amide bonds. The van der Waals surface area contributed by atoms with E-state index in [1.54, 1.807) is 25.4 Å². The summed E-state index contributed by atoms with van der Waals surface area (Å²) in [7, 11) is -1.43. The molecule has 6 heteroatoms. The number of aromatic nitrogens is 1. The second-order valence-corrected chi connectivity index (χ2v) is 6.29. The fourth-order valence-electron chi connectivity index (χ4n) is 2.06. The Morgan fingerprint density at radius 1 is 1.30 bits per heavy atom. The monoisotopic (exact) mass is 332 g/mol. The number of benzene rings is 1. The first kappa shape index (κ1) is 17.3. The molecule has 0 spiro atoms. The number of carbonyl (C=O) groups excluding carboxylic acids is 1. The maximum Gasteiger partial charge on any atom is 0.307 e. The van der Waals surface area contributed by atoms with Crippen LogP contribution in [0.4, 0.5) is 0 Å². The van der Waals surface area contributed by atoms with Gasteiger partial charge >= 0.3 is 5.97 Å². The molecule has 1 aromatic carbocycles. The Kier molecular flexibility index (Phi) is 6.43. The van der Waals surface area contributed by atoms with Crippen LogP contribution in [0.25, 0.3) is 0 Å². The van der Waals surface area contributed by atoms with Gasteiger partial charge in [0.15, 0.2) is 0 Å². The number of esters is 1. The standard InChI is InChI=1S/C17H20N2O3S/c1-3-22-17(20)11-16(14-5-4-10-18-12-14)19-23(21)15-8-6-13(2)7-9-15/h4-10,12,16,19H,3,11H2,1-2H3/t16-,23+/m0/s1. The van der Waals surface area contributed by atoms with Gasteiger partial charge in [-0.1, -0.05) is 23.8 Å². The van der Waals surface area contributed by atoms with Crippen LogP contribution in [-0.4, -0.2) is 21.8 Å². The summed E-state index contributed by atoms with van der Waals surface area (Å²) in [5, 5.41) is 0. The largest absolute Gasteiger partial charge is 0.466 e. The van der Waals surface area contributed by atoms with E-state index >= 15 is 0 Å². The smallest absolute Gasteiger partial charge is 0.307 e. The molecule has 0 unspecified atom stereocenters. The highest BCUT2D eigenvalue weighted by atomic mass is 32.2. The van der Waals surface area contributed by atoms with Crippen LogP contribution in [0.3, 0.4) is 0 Å². The molecule has 0 saturated heterocycles. The van der Waals surface area contributed by atoms with Crippen molar-refractivity contribution < 1.29 is 13.7 Å². The highest BCUT2D eigenvalue weighted by Gasteiger charge is 2.20. The molecule has 1 heterocycles. The van der Waals surface area contributed by atoms with E-state index in [0.29, 0.717) is 11.5 Å². The minimum absolute atomic E-state index is 0.0944. The first-order chi connectivity index (χ1) is 11.1. The van der Waals surface area contributed by atoms with Crippen LogP contribution >= 0.6 is 0 Å². The van der Waals surface area contributed by atoms with Crippen molar-refractivity contribution in [3.63, 3.8) is 0 Å². The predicted molar refractivity (Wildman–Crippen MR) is 89.0 cm³/mol. The Labute approximate surface area is 138 Å². The molecular weight excluding hydrogens is 312 g/mol. The molecule has 0 aliphatic rings. The highest BCUT2D eigenvalue weighted by molar-refractivity contribution is 7.83. The van der Waals surface area contributed by atoms with E-state index in [2.05, 4.69) is 9.71 Å². The number of aryl methyl sites for hydroxylation is 1. The van der Waals surface area contributed by atoms with Crippen LogP contribution in [0.2, 0.25) is 0 Å². The summed E-state index contributed by atoms with van der Waals surface area (Å²) in [6.45, 7) is 4.05. The third kappa shape index (κ3) is 5.26. The molecule has 2 atom stereocenters. The first-order valence-electron chi connectivity index (χ1n) is 7.40. The van der Waals surface area contributed by atoms with Crippen LogP contribution in [0.1, 0.15) is 30.5 Å². The van der Waals surface area contributed by atoms with Crippen molar-refractivity contribution in [1.82, 2.24) is 9.71 Å². The van der Waals surface area contributed by atoms with Crippen molar-refractivity contribution in [2.75, 3.05) is 6.61 Å². The highest BCUT2D eigenvalue weighted by Crippen LogP contribution is 2.19. The second kappa shape index (κ2) is 8.55. The van der Waals surface area contributed by atoms with Gasteiger partial charge in [0.05, 0.1) is 24.0 Å². The van der Waals surface area contributed by atoms with Crippen LogP contribution in [0.5, 0.6) is 0 Å². The van der Waals surface area contributed by atoms with Gasteiger partial charge in [-0.25, -0.2) is 8.93 Å². The van der Waals surface area contributed by atoms with E-state index in [0.717, 1.165) is 11.1 Å². The van der Waals surface area contributed by atoms with E-state index in [1.165, 1.54) is 0 Å². The van der Waals surface area contributed by atoms with Crippen molar-refractivity contribution in [3.05, 3.63) is 59.9 Å². The molecule has 0 fully saturated rings. The Morgan fingerprint density at radius 3 is 2.65 bits per heavy atom. The molecule has 5 nitrogen and oxygen atoms in total. The molecule has 0 radical (unpaired) electrons. The van der Waals surface area contributed by atoms with Crippen LogP contribution in [0.15, 0.2) is 53.7 Å². The maximum atomic E-state index is 12.5. The van der Waals surface area contributed by atoms with Crippen molar-refractivity contribution in [2.24, 2.45) is 0 Å². The zero-order chi connectivity index (χ0) is 16.7. The molecule has 1 N–H and O–H groups in total. The van der Waals surface area contributed by atoms with Gasteiger partial charge in [0.1, 0.15) is 11.0 Å². The molecule has 0 saturated carbocycles. The van der Waals surface area contributed by atoms with E-state index in [1.807, 2.05) is 37.3 Å². The van der Waals surface area contributed by atoms with Crippen molar-refractivity contribution in [3.8, 4) is 0 Å². The second-order valence-electron chi connectivity index (χ2n) is 5.05. The number of rotatable bonds is 7. The van der Waals surface area contributed by atoms with Crippen molar-refractivity contribution >= 4 is 17.0 Å². The average molecular weight is 332 g/mol. The summed E-state index contributed by atoms with van der Waals surface area (Å²) in [5.74, 6) is -0.338. The molecule has 2 aromatic rings. The lowest BCUT2D eigenvalue weighted by Gasteiger charge is -2.17. The lowest BCUT2D eigenvalue weighted by atomic mass is 10.1. The van der Waals surface area contributed by atoms with Gasteiger partial charge in [-0.2, -0.15) is 0 Å². The molecular formula is C17H20N2O3S. The number of hydrogen-bond acceptors (Lipinski definition) is 4. The number of ether oxygens (including phenoxy) is 1. The summed E-state index contributed by atoms with van der Waals surface area (Å²) in [5.41, 5.74) is 1.89. The quantitative estimate of drug-likeness (QED) is 0.792. The molecule has 23 heavy (non-hydrogen) atoms. The summed E-state index contributed by atoms with van der Waals surface area (Å²) in [6, 6.07) is 10.6.